The third-order valence-corrected chi connectivity index (χ3v) is 2.93. The predicted octanol–water partition coefficient (Wildman–Crippen LogP) is 4.26. The average molecular weight is 276 g/mol. The first-order valence-electron chi connectivity index (χ1n) is 6.99. The van der Waals surface area contributed by atoms with Gasteiger partial charge in [-0.1, -0.05) is 27.7 Å². The fourth-order valence-electron chi connectivity index (χ4n) is 2.43. The summed E-state index contributed by atoms with van der Waals surface area (Å²) in [5.74, 6) is 0.603. The number of esters is 1. The van der Waals surface area contributed by atoms with Crippen molar-refractivity contribution in [2.75, 3.05) is 0 Å². The van der Waals surface area contributed by atoms with Gasteiger partial charge < -0.3 is 4.74 Å². The number of hydrogen-bond donors (Lipinski definition) is 0. The number of ether oxygens (including phenoxy) is 1. The maximum absolute atomic E-state index is 12.2. The Labute approximate surface area is 121 Å². The van der Waals surface area contributed by atoms with Crippen LogP contribution >= 0.6 is 0 Å². The molecule has 0 aliphatic carbocycles. The molecule has 0 N–H and O–H groups in total. The van der Waals surface area contributed by atoms with E-state index in [0.29, 0.717) is 23.7 Å². The molecule has 0 spiro atoms. The lowest BCUT2D eigenvalue weighted by Gasteiger charge is -2.22. The molecule has 1 atom stereocenters. The molecule has 1 aromatic rings. The van der Waals surface area contributed by atoms with Crippen molar-refractivity contribution >= 4 is 11.8 Å². The van der Waals surface area contributed by atoms with Crippen LogP contribution in [-0.2, 0) is 4.79 Å². The molecule has 0 radical (unpaired) electrons. The zero-order valence-electron chi connectivity index (χ0n) is 13.0. The SMILES string of the molecule is CC(=O)Oc1ccc(C(=O)CC(C)CC(C)(C)C)cc1. The fraction of sp³-hybridized carbons (Fsp3) is 0.529. The van der Waals surface area contributed by atoms with Crippen molar-refractivity contribution in [3.05, 3.63) is 29.8 Å². The second kappa shape index (κ2) is 6.69. The van der Waals surface area contributed by atoms with Gasteiger partial charge in [0.15, 0.2) is 5.78 Å². The number of ketones is 1. The minimum atomic E-state index is -0.358. The van der Waals surface area contributed by atoms with E-state index in [4.69, 9.17) is 4.74 Å². The molecular weight excluding hydrogens is 252 g/mol. The second-order valence-corrected chi connectivity index (χ2v) is 6.62. The molecule has 20 heavy (non-hydrogen) atoms. The Balaban J connectivity index is 2.61. The van der Waals surface area contributed by atoms with E-state index in [2.05, 4.69) is 27.7 Å². The summed E-state index contributed by atoms with van der Waals surface area (Å²) >= 11 is 0. The van der Waals surface area contributed by atoms with E-state index in [9.17, 15) is 9.59 Å². The van der Waals surface area contributed by atoms with Gasteiger partial charge in [0.2, 0.25) is 0 Å². The normalized spacial score (nSPS) is 12.8. The fourth-order valence-corrected chi connectivity index (χ4v) is 2.43. The molecule has 0 aliphatic rings. The van der Waals surface area contributed by atoms with E-state index in [1.54, 1.807) is 24.3 Å². The van der Waals surface area contributed by atoms with Crippen LogP contribution in [0.1, 0.15) is 57.8 Å². The summed E-state index contributed by atoms with van der Waals surface area (Å²) in [7, 11) is 0. The lowest BCUT2D eigenvalue weighted by molar-refractivity contribution is -0.131. The van der Waals surface area contributed by atoms with Crippen LogP contribution in [0, 0.1) is 11.3 Å². The highest BCUT2D eigenvalue weighted by atomic mass is 16.5. The minimum absolute atomic E-state index is 0.135. The van der Waals surface area contributed by atoms with Crippen LogP contribution in [0.3, 0.4) is 0 Å². The van der Waals surface area contributed by atoms with Gasteiger partial charge in [-0.2, -0.15) is 0 Å². The maximum Gasteiger partial charge on any atom is 0.308 e. The second-order valence-electron chi connectivity index (χ2n) is 6.62. The van der Waals surface area contributed by atoms with Crippen molar-refractivity contribution in [3.8, 4) is 5.75 Å². The van der Waals surface area contributed by atoms with Crippen molar-refractivity contribution < 1.29 is 14.3 Å². The first-order chi connectivity index (χ1) is 9.17. The van der Waals surface area contributed by atoms with E-state index < -0.39 is 0 Å². The van der Waals surface area contributed by atoms with Crippen LogP contribution in [-0.4, -0.2) is 11.8 Å². The van der Waals surface area contributed by atoms with E-state index >= 15 is 0 Å². The third kappa shape index (κ3) is 6.00. The van der Waals surface area contributed by atoms with Crippen LogP contribution in [0.5, 0.6) is 5.75 Å². The zero-order valence-corrected chi connectivity index (χ0v) is 13.0. The van der Waals surface area contributed by atoms with Gasteiger partial charge >= 0.3 is 5.97 Å². The molecular formula is C17H24O3. The van der Waals surface area contributed by atoms with Crippen molar-refractivity contribution in [2.45, 2.75) is 47.5 Å². The quantitative estimate of drug-likeness (QED) is 0.458. The molecule has 0 saturated carbocycles. The van der Waals surface area contributed by atoms with Gasteiger partial charge in [-0.3, -0.25) is 9.59 Å². The smallest absolute Gasteiger partial charge is 0.308 e. The molecule has 0 bridgehead atoms. The number of hydrogen-bond acceptors (Lipinski definition) is 3. The van der Waals surface area contributed by atoms with Gasteiger partial charge in [-0.05, 0) is 42.0 Å². The van der Waals surface area contributed by atoms with Crippen LogP contribution in [0.25, 0.3) is 0 Å². The topological polar surface area (TPSA) is 43.4 Å². The van der Waals surface area contributed by atoms with E-state index in [0.717, 1.165) is 6.42 Å². The van der Waals surface area contributed by atoms with E-state index in [1.807, 2.05) is 0 Å². The number of Topliss-reactive ketones (excluding diaryl/α,β-unsaturated/α-hetero) is 1. The molecule has 3 nitrogen and oxygen atoms in total. The van der Waals surface area contributed by atoms with Crippen molar-refractivity contribution in [1.82, 2.24) is 0 Å². The van der Waals surface area contributed by atoms with Crippen molar-refractivity contribution in [1.29, 1.82) is 0 Å². The molecule has 0 saturated heterocycles. The van der Waals surface area contributed by atoms with E-state index in [-0.39, 0.29) is 17.2 Å². The highest BCUT2D eigenvalue weighted by Crippen LogP contribution is 2.27. The first kappa shape index (κ1) is 16.4. The van der Waals surface area contributed by atoms with Crippen LogP contribution < -0.4 is 4.74 Å². The molecule has 1 rings (SSSR count). The lowest BCUT2D eigenvalue weighted by atomic mass is 9.83. The third-order valence-electron chi connectivity index (χ3n) is 2.93. The minimum Gasteiger partial charge on any atom is -0.427 e. The maximum atomic E-state index is 12.2. The van der Waals surface area contributed by atoms with Gasteiger partial charge in [0.25, 0.3) is 0 Å². The summed E-state index contributed by atoms with van der Waals surface area (Å²) in [6, 6.07) is 6.74. The molecule has 1 unspecified atom stereocenters. The largest absolute Gasteiger partial charge is 0.427 e. The highest BCUT2D eigenvalue weighted by Gasteiger charge is 2.18. The summed E-state index contributed by atoms with van der Waals surface area (Å²) in [4.78, 5) is 23.0. The number of carbonyl (C=O) groups is 2. The molecule has 0 fully saturated rings. The van der Waals surface area contributed by atoms with Crippen LogP contribution in [0.4, 0.5) is 0 Å². The molecule has 110 valence electrons. The molecule has 0 aliphatic heterocycles. The monoisotopic (exact) mass is 276 g/mol. The van der Waals surface area contributed by atoms with Gasteiger partial charge in [-0.15, -0.1) is 0 Å². The Morgan fingerprint density at radius 3 is 2.15 bits per heavy atom. The molecule has 0 amide bonds. The Bertz CT molecular complexity index is 466. The highest BCUT2D eigenvalue weighted by molar-refractivity contribution is 5.96. The van der Waals surface area contributed by atoms with Crippen molar-refractivity contribution in [3.63, 3.8) is 0 Å². The summed E-state index contributed by atoms with van der Waals surface area (Å²) in [5, 5.41) is 0. The van der Waals surface area contributed by atoms with E-state index in [1.165, 1.54) is 6.92 Å². The number of rotatable bonds is 5. The molecule has 3 heteroatoms. The van der Waals surface area contributed by atoms with Gasteiger partial charge in [0.1, 0.15) is 5.75 Å². The van der Waals surface area contributed by atoms with Crippen LogP contribution in [0.2, 0.25) is 0 Å². The first-order valence-corrected chi connectivity index (χ1v) is 6.99. The van der Waals surface area contributed by atoms with Crippen molar-refractivity contribution in [2.24, 2.45) is 11.3 Å². The summed E-state index contributed by atoms with van der Waals surface area (Å²) in [6.45, 7) is 10.0. The Hall–Kier alpha value is -1.64. The average Bonchev–Trinajstić information content (AvgIpc) is 2.26. The Morgan fingerprint density at radius 1 is 1.15 bits per heavy atom. The number of benzene rings is 1. The molecule has 0 aromatic heterocycles. The Kier molecular flexibility index (Phi) is 5.49. The lowest BCUT2D eigenvalue weighted by Crippen LogP contribution is -2.14. The number of carbonyl (C=O) groups excluding carboxylic acids is 2. The Morgan fingerprint density at radius 2 is 1.70 bits per heavy atom. The van der Waals surface area contributed by atoms with Gasteiger partial charge in [-0.25, -0.2) is 0 Å². The van der Waals surface area contributed by atoms with Gasteiger partial charge in [0, 0.05) is 18.9 Å². The van der Waals surface area contributed by atoms with Crippen LogP contribution in [0.15, 0.2) is 24.3 Å². The zero-order chi connectivity index (χ0) is 15.3. The summed E-state index contributed by atoms with van der Waals surface area (Å²) in [5.41, 5.74) is 0.903. The standard InChI is InChI=1S/C17H24O3/c1-12(11-17(3,4)5)10-16(19)14-6-8-15(9-7-14)20-13(2)18/h6-9,12H,10-11H2,1-5H3. The predicted molar refractivity (Wildman–Crippen MR) is 79.9 cm³/mol. The summed E-state index contributed by atoms with van der Waals surface area (Å²) in [6.07, 6.45) is 1.56. The molecule has 1 aromatic carbocycles. The van der Waals surface area contributed by atoms with Gasteiger partial charge in [0.05, 0.1) is 0 Å². The summed E-state index contributed by atoms with van der Waals surface area (Å²) < 4.78 is 4.95. The molecule has 0 heterocycles.